The average Bonchev–Trinajstić information content (AvgIpc) is 3.06. The van der Waals surface area contributed by atoms with Crippen LogP contribution in [0.25, 0.3) is 10.9 Å². The van der Waals surface area contributed by atoms with Gasteiger partial charge in [-0.05, 0) is 24.5 Å². The maximum atomic E-state index is 12.9. The molecule has 0 aliphatic heterocycles. The molecule has 0 bridgehead atoms. The van der Waals surface area contributed by atoms with E-state index in [4.69, 9.17) is 9.51 Å². The molecule has 3 rings (SSSR count). The van der Waals surface area contributed by atoms with E-state index in [0.29, 0.717) is 40.5 Å². The molecular formula is C19H24N4O2S. The first-order valence-electron chi connectivity index (χ1n) is 9.02. The highest BCUT2D eigenvalue weighted by atomic mass is 32.2. The molecule has 1 aromatic carbocycles. The van der Waals surface area contributed by atoms with Crippen molar-refractivity contribution in [2.24, 2.45) is 5.92 Å². The van der Waals surface area contributed by atoms with Gasteiger partial charge in [0.1, 0.15) is 0 Å². The third-order valence-corrected chi connectivity index (χ3v) is 4.96. The molecule has 7 heteroatoms. The smallest absolute Gasteiger partial charge is 0.262 e. The molecule has 0 atom stereocenters. The summed E-state index contributed by atoms with van der Waals surface area (Å²) in [6, 6.07) is 7.48. The Hall–Kier alpha value is -2.15. The summed E-state index contributed by atoms with van der Waals surface area (Å²) in [5.41, 5.74) is 0.738. The molecule has 6 nitrogen and oxygen atoms in total. The van der Waals surface area contributed by atoms with Crippen LogP contribution >= 0.6 is 11.8 Å². The van der Waals surface area contributed by atoms with E-state index in [1.54, 1.807) is 4.57 Å². The Labute approximate surface area is 157 Å². The lowest BCUT2D eigenvalue weighted by atomic mass is 10.1. The van der Waals surface area contributed by atoms with Crippen molar-refractivity contribution in [1.82, 2.24) is 19.7 Å². The van der Waals surface area contributed by atoms with Crippen molar-refractivity contribution >= 4 is 22.7 Å². The van der Waals surface area contributed by atoms with Gasteiger partial charge in [-0.2, -0.15) is 4.98 Å². The van der Waals surface area contributed by atoms with Crippen molar-refractivity contribution in [3.63, 3.8) is 0 Å². The molecule has 26 heavy (non-hydrogen) atoms. The van der Waals surface area contributed by atoms with Gasteiger partial charge in [0.05, 0.1) is 16.7 Å². The fourth-order valence-electron chi connectivity index (χ4n) is 2.68. The molecule has 138 valence electrons. The highest BCUT2D eigenvalue weighted by molar-refractivity contribution is 7.98. The van der Waals surface area contributed by atoms with Crippen LogP contribution in [0.15, 0.2) is 38.7 Å². The van der Waals surface area contributed by atoms with Gasteiger partial charge in [0.25, 0.3) is 5.56 Å². The summed E-state index contributed by atoms with van der Waals surface area (Å²) in [6.07, 6.45) is 2.73. The maximum Gasteiger partial charge on any atom is 0.262 e. The van der Waals surface area contributed by atoms with E-state index in [1.165, 1.54) is 11.8 Å². The average molecular weight is 372 g/mol. The van der Waals surface area contributed by atoms with Crippen molar-refractivity contribution in [2.45, 2.75) is 57.5 Å². The van der Waals surface area contributed by atoms with E-state index in [2.05, 4.69) is 30.9 Å². The predicted molar refractivity (Wildman–Crippen MR) is 103 cm³/mol. The Bertz CT molecular complexity index is 933. The van der Waals surface area contributed by atoms with E-state index in [0.717, 1.165) is 24.8 Å². The summed E-state index contributed by atoms with van der Waals surface area (Å²) in [7, 11) is 0. The van der Waals surface area contributed by atoms with Crippen molar-refractivity contribution in [2.75, 3.05) is 0 Å². The molecular weight excluding hydrogens is 348 g/mol. The minimum absolute atomic E-state index is 0.0140. The lowest BCUT2D eigenvalue weighted by Crippen LogP contribution is -2.23. The third-order valence-electron chi connectivity index (χ3n) is 3.99. The summed E-state index contributed by atoms with van der Waals surface area (Å²) in [6.45, 7) is 7.01. The van der Waals surface area contributed by atoms with Gasteiger partial charge in [-0.3, -0.25) is 9.36 Å². The van der Waals surface area contributed by atoms with Gasteiger partial charge in [0.2, 0.25) is 5.89 Å². The zero-order valence-electron chi connectivity index (χ0n) is 15.4. The number of hydrogen-bond donors (Lipinski definition) is 0. The van der Waals surface area contributed by atoms with Crippen molar-refractivity contribution < 1.29 is 4.52 Å². The van der Waals surface area contributed by atoms with E-state index >= 15 is 0 Å². The minimum Gasteiger partial charge on any atom is -0.339 e. The molecule has 0 fully saturated rings. The van der Waals surface area contributed by atoms with Crippen LogP contribution in [0.5, 0.6) is 0 Å². The molecule has 3 aromatic rings. The summed E-state index contributed by atoms with van der Waals surface area (Å²) in [5, 5.41) is 5.40. The molecule has 0 aliphatic rings. The molecule has 0 N–H and O–H groups in total. The number of rotatable bonds is 8. The van der Waals surface area contributed by atoms with E-state index in [1.807, 2.05) is 24.3 Å². The van der Waals surface area contributed by atoms with Gasteiger partial charge in [0, 0.05) is 13.0 Å². The van der Waals surface area contributed by atoms with Crippen LogP contribution in [0.3, 0.4) is 0 Å². The first kappa shape index (κ1) is 18.6. The normalized spacial score (nSPS) is 11.5. The van der Waals surface area contributed by atoms with Gasteiger partial charge >= 0.3 is 0 Å². The van der Waals surface area contributed by atoms with Crippen LogP contribution in [0.1, 0.15) is 45.3 Å². The molecule has 0 aliphatic carbocycles. The van der Waals surface area contributed by atoms with Gasteiger partial charge in [-0.1, -0.05) is 56.2 Å². The number of unbranched alkanes of at least 4 members (excludes halogenated alkanes) is 1. The second-order valence-electron chi connectivity index (χ2n) is 6.71. The number of hydrogen-bond acceptors (Lipinski definition) is 6. The summed E-state index contributed by atoms with van der Waals surface area (Å²) in [5.74, 6) is 2.29. The summed E-state index contributed by atoms with van der Waals surface area (Å²) >= 11 is 1.48. The Morgan fingerprint density at radius 3 is 2.81 bits per heavy atom. The quantitative estimate of drug-likeness (QED) is 0.438. The molecule has 2 heterocycles. The number of thioether (sulfide) groups is 1. The second kappa shape index (κ2) is 8.49. The third kappa shape index (κ3) is 4.33. The predicted octanol–water partition coefficient (Wildman–Crippen LogP) is 4.07. The monoisotopic (exact) mass is 372 g/mol. The van der Waals surface area contributed by atoms with Gasteiger partial charge in [-0.25, -0.2) is 4.98 Å². The second-order valence-corrected chi connectivity index (χ2v) is 7.66. The van der Waals surface area contributed by atoms with Crippen molar-refractivity contribution in [3.05, 3.63) is 46.3 Å². The van der Waals surface area contributed by atoms with E-state index in [-0.39, 0.29) is 5.56 Å². The number of benzene rings is 1. The number of para-hydroxylation sites is 1. The maximum absolute atomic E-state index is 12.9. The summed E-state index contributed by atoms with van der Waals surface area (Å²) in [4.78, 5) is 22.0. The fourth-order valence-corrected chi connectivity index (χ4v) is 3.55. The van der Waals surface area contributed by atoms with Crippen LogP contribution in [-0.2, 0) is 18.7 Å². The molecule has 0 amide bonds. The highest BCUT2D eigenvalue weighted by Gasteiger charge is 2.14. The lowest BCUT2D eigenvalue weighted by molar-refractivity contribution is 0.360. The molecule has 0 spiro atoms. The first-order chi connectivity index (χ1) is 12.6. The Kier molecular flexibility index (Phi) is 6.08. The first-order valence-corrected chi connectivity index (χ1v) is 10.0. The van der Waals surface area contributed by atoms with E-state index < -0.39 is 0 Å². The number of nitrogens with zero attached hydrogens (tertiary/aromatic N) is 4. The highest BCUT2D eigenvalue weighted by Crippen LogP contribution is 2.22. The number of fused-ring (bicyclic) bond motifs is 1. The molecule has 0 radical (unpaired) electrons. The Morgan fingerprint density at radius 2 is 2.04 bits per heavy atom. The zero-order chi connectivity index (χ0) is 18.5. The van der Waals surface area contributed by atoms with E-state index in [9.17, 15) is 4.79 Å². The number of aromatic nitrogens is 4. The largest absolute Gasteiger partial charge is 0.339 e. The van der Waals surface area contributed by atoms with Crippen LogP contribution in [0, 0.1) is 5.92 Å². The topological polar surface area (TPSA) is 73.8 Å². The minimum atomic E-state index is 0.0140. The van der Waals surface area contributed by atoms with Crippen LogP contribution in [-0.4, -0.2) is 19.7 Å². The fraction of sp³-hybridized carbons (Fsp3) is 0.474. The van der Waals surface area contributed by atoms with Crippen LogP contribution in [0.2, 0.25) is 0 Å². The van der Waals surface area contributed by atoms with Crippen molar-refractivity contribution in [3.8, 4) is 0 Å². The zero-order valence-corrected chi connectivity index (χ0v) is 16.3. The summed E-state index contributed by atoms with van der Waals surface area (Å²) < 4.78 is 7.06. The van der Waals surface area contributed by atoms with Crippen LogP contribution in [0.4, 0.5) is 0 Å². The molecule has 2 aromatic heterocycles. The SMILES string of the molecule is CCCCn1c(SCc2noc(CC(C)C)n2)nc2ccccc2c1=O. The van der Waals surface area contributed by atoms with Crippen molar-refractivity contribution in [1.29, 1.82) is 0 Å². The van der Waals surface area contributed by atoms with Gasteiger partial charge < -0.3 is 4.52 Å². The van der Waals surface area contributed by atoms with Crippen LogP contribution < -0.4 is 5.56 Å². The molecule has 0 saturated carbocycles. The lowest BCUT2D eigenvalue weighted by Gasteiger charge is -2.12. The molecule has 0 saturated heterocycles. The van der Waals surface area contributed by atoms with Gasteiger partial charge in [0.15, 0.2) is 11.0 Å². The van der Waals surface area contributed by atoms with Gasteiger partial charge in [-0.15, -0.1) is 0 Å². The Morgan fingerprint density at radius 1 is 1.23 bits per heavy atom. The Balaban J connectivity index is 1.85. The molecule has 0 unspecified atom stereocenters. The standard InChI is InChI=1S/C19H24N4O2S/c1-4-5-10-23-18(24)14-8-6-7-9-15(14)20-19(23)26-12-16-21-17(25-22-16)11-13(2)3/h6-9,13H,4-5,10-12H2,1-3H3.